The van der Waals surface area contributed by atoms with Crippen LogP contribution in [0.5, 0.6) is 11.5 Å². The molecule has 0 radical (unpaired) electrons. The van der Waals surface area contributed by atoms with E-state index < -0.39 is 0 Å². The number of hydrogen-bond donors (Lipinski definition) is 1. The van der Waals surface area contributed by atoms with Crippen molar-refractivity contribution in [1.82, 2.24) is 4.98 Å². The zero-order chi connectivity index (χ0) is 19.1. The summed E-state index contributed by atoms with van der Waals surface area (Å²) in [5.74, 6) is 1.09. The first-order valence-corrected chi connectivity index (χ1v) is 8.69. The number of rotatable bonds is 7. The van der Waals surface area contributed by atoms with Crippen LogP contribution in [0.2, 0.25) is 0 Å². The van der Waals surface area contributed by atoms with Crippen LogP contribution in [0.4, 0.5) is 5.69 Å². The van der Waals surface area contributed by atoms with Gasteiger partial charge in [-0.2, -0.15) is 0 Å². The van der Waals surface area contributed by atoms with E-state index in [9.17, 15) is 4.79 Å². The summed E-state index contributed by atoms with van der Waals surface area (Å²) in [4.78, 5) is 16.4. The Morgan fingerprint density at radius 2 is 1.85 bits per heavy atom. The van der Waals surface area contributed by atoms with E-state index >= 15 is 0 Å². The first-order valence-electron chi connectivity index (χ1n) is 8.69. The molecule has 0 spiro atoms. The van der Waals surface area contributed by atoms with E-state index in [0.717, 1.165) is 11.1 Å². The molecule has 1 aromatic heterocycles. The van der Waals surface area contributed by atoms with Gasteiger partial charge in [0, 0.05) is 29.7 Å². The van der Waals surface area contributed by atoms with Gasteiger partial charge in [0.15, 0.2) is 11.5 Å². The summed E-state index contributed by atoms with van der Waals surface area (Å²) in [7, 11) is 1.59. The normalized spacial score (nSPS) is 10.3. The van der Waals surface area contributed by atoms with Crippen molar-refractivity contribution in [2.24, 2.45) is 0 Å². The van der Waals surface area contributed by atoms with Crippen LogP contribution in [0.15, 0.2) is 67.0 Å². The van der Waals surface area contributed by atoms with E-state index in [2.05, 4.69) is 10.3 Å². The molecule has 27 heavy (non-hydrogen) atoms. The number of nitrogens with one attached hydrogen (secondary N) is 1. The summed E-state index contributed by atoms with van der Waals surface area (Å²) in [6.07, 6.45) is 3.78. The molecule has 0 bridgehead atoms. The summed E-state index contributed by atoms with van der Waals surface area (Å²) in [6, 6.07) is 17.1. The molecule has 0 unspecified atom stereocenters. The summed E-state index contributed by atoms with van der Waals surface area (Å²) in [5, 5.41) is 2.91. The van der Waals surface area contributed by atoms with Gasteiger partial charge in [0.2, 0.25) is 5.91 Å². The third-order valence-corrected chi connectivity index (χ3v) is 4.05. The minimum atomic E-state index is -0.0813. The highest BCUT2D eigenvalue weighted by molar-refractivity contribution is 5.92. The van der Waals surface area contributed by atoms with E-state index in [0.29, 0.717) is 30.2 Å². The van der Waals surface area contributed by atoms with Crippen molar-refractivity contribution in [2.45, 2.75) is 20.0 Å². The number of nitrogens with zero attached hydrogens (tertiary/aromatic N) is 1. The molecule has 3 rings (SSSR count). The molecule has 0 aliphatic carbocycles. The fourth-order valence-corrected chi connectivity index (χ4v) is 2.61. The first-order chi connectivity index (χ1) is 13.1. The maximum atomic E-state index is 12.3. The summed E-state index contributed by atoms with van der Waals surface area (Å²) in [5.41, 5.74) is 3.76. The van der Waals surface area contributed by atoms with Gasteiger partial charge in [-0.25, -0.2) is 0 Å². The molecule has 0 aliphatic heterocycles. The van der Waals surface area contributed by atoms with Gasteiger partial charge >= 0.3 is 0 Å². The Morgan fingerprint density at radius 3 is 2.56 bits per heavy atom. The van der Waals surface area contributed by atoms with Gasteiger partial charge in [0.05, 0.1) is 13.5 Å². The molecular weight excluding hydrogens is 340 g/mol. The van der Waals surface area contributed by atoms with Crippen molar-refractivity contribution in [3.63, 3.8) is 0 Å². The van der Waals surface area contributed by atoms with Crippen molar-refractivity contribution >= 4 is 11.6 Å². The van der Waals surface area contributed by atoms with Gasteiger partial charge in [-0.05, 0) is 30.7 Å². The molecule has 0 fully saturated rings. The molecule has 1 N–H and O–H groups in total. The number of anilines is 1. The number of aromatic nitrogens is 1. The molecule has 5 nitrogen and oxygen atoms in total. The molecule has 1 amide bonds. The lowest BCUT2D eigenvalue weighted by Crippen LogP contribution is -2.14. The number of benzene rings is 2. The Labute approximate surface area is 159 Å². The summed E-state index contributed by atoms with van der Waals surface area (Å²) in [6.45, 7) is 2.39. The minimum Gasteiger partial charge on any atom is -0.493 e. The highest BCUT2D eigenvalue weighted by Crippen LogP contribution is 2.31. The Balaban J connectivity index is 1.66. The maximum Gasteiger partial charge on any atom is 0.228 e. The van der Waals surface area contributed by atoms with Crippen LogP contribution in [0, 0.1) is 6.92 Å². The molecule has 3 aromatic rings. The van der Waals surface area contributed by atoms with E-state index in [-0.39, 0.29) is 5.91 Å². The van der Waals surface area contributed by atoms with Crippen LogP contribution in [0.3, 0.4) is 0 Å². The topological polar surface area (TPSA) is 60.5 Å². The predicted molar refractivity (Wildman–Crippen MR) is 105 cm³/mol. The summed E-state index contributed by atoms with van der Waals surface area (Å²) < 4.78 is 11.2. The van der Waals surface area contributed by atoms with Crippen molar-refractivity contribution in [2.75, 3.05) is 12.4 Å². The molecule has 138 valence electrons. The molecule has 0 saturated heterocycles. The lowest BCUT2D eigenvalue weighted by Gasteiger charge is -2.13. The molecule has 0 saturated carbocycles. The predicted octanol–water partition coefficient (Wildman–Crippen LogP) is 4.16. The third-order valence-electron chi connectivity index (χ3n) is 4.05. The fraction of sp³-hybridized carbons (Fsp3) is 0.182. The van der Waals surface area contributed by atoms with E-state index in [4.69, 9.17) is 9.47 Å². The van der Waals surface area contributed by atoms with Crippen molar-refractivity contribution < 1.29 is 14.3 Å². The van der Waals surface area contributed by atoms with Gasteiger partial charge in [0.1, 0.15) is 6.61 Å². The molecular formula is C22H22N2O3. The number of aryl methyl sites for hydroxylation is 1. The summed E-state index contributed by atoms with van der Waals surface area (Å²) >= 11 is 0. The van der Waals surface area contributed by atoms with Crippen LogP contribution < -0.4 is 14.8 Å². The molecule has 5 heteroatoms. The van der Waals surface area contributed by atoms with Crippen molar-refractivity contribution in [3.05, 3.63) is 83.7 Å². The quantitative estimate of drug-likeness (QED) is 0.686. The highest BCUT2D eigenvalue weighted by atomic mass is 16.5. The Kier molecular flexibility index (Phi) is 6.05. The number of pyridine rings is 1. The average molecular weight is 362 g/mol. The Morgan fingerprint density at radius 1 is 1.04 bits per heavy atom. The number of carbonyl (C=O) groups excluding carboxylic acids is 1. The largest absolute Gasteiger partial charge is 0.493 e. The first kappa shape index (κ1) is 18.5. The SMILES string of the molecule is COc1ccc(NC(=O)Cc2ccc(C)cc2)cc1OCc1cccnc1. The van der Waals surface area contributed by atoms with Crippen LogP contribution >= 0.6 is 0 Å². The number of hydrogen-bond acceptors (Lipinski definition) is 4. The smallest absolute Gasteiger partial charge is 0.228 e. The van der Waals surface area contributed by atoms with E-state index in [1.807, 2.05) is 43.3 Å². The van der Waals surface area contributed by atoms with E-state index in [1.54, 1.807) is 37.7 Å². The minimum absolute atomic E-state index is 0.0813. The molecule has 0 aliphatic rings. The van der Waals surface area contributed by atoms with Gasteiger partial charge in [-0.3, -0.25) is 9.78 Å². The molecule has 0 atom stereocenters. The number of carbonyl (C=O) groups is 1. The lowest BCUT2D eigenvalue weighted by atomic mass is 10.1. The van der Waals surface area contributed by atoms with Crippen molar-refractivity contribution in [3.8, 4) is 11.5 Å². The number of ether oxygens (including phenoxy) is 2. The number of methoxy groups -OCH3 is 1. The van der Waals surface area contributed by atoms with Crippen molar-refractivity contribution in [1.29, 1.82) is 0 Å². The lowest BCUT2D eigenvalue weighted by molar-refractivity contribution is -0.115. The second-order valence-corrected chi connectivity index (χ2v) is 6.23. The van der Waals surface area contributed by atoms with E-state index in [1.165, 1.54) is 5.56 Å². The standard InChI is InChI=1S/C22H22N2O3/c1-16-5-7-17(8-6-16)12-22(25)24-19-9-10-20(26-2)21(13-19)27-15-18-4-3-11-23-14-18/h3-11,13-14H,12,15H2,1-2H3,(H,24,25). The second-order valence-electron chi connectivity index (χ2n) is 6.23. The highest BCUT2D eigenvalue weighted by Gasteiger charge is 2.09. The van der Waals surface area contributed by atoms with Crippen LogP contribution in [-0.2, 0) is 17.8 Å². The zero-order valence-electron chi connectivity index (χ0n) is 15.4. The second kappa shape index (κ2) is 8.85. The van der Waals surface area contributed by atoms with Gasteiger partial charge in [-0.15, -0.1) is 0 Å². The average Bonchev–Trinajstić information content (AvgIpc) is 2.69. The molecule has 2 aromatic carbocycles. The van der Waals surface area contributed by atoms with Crippen LogP contribution in [0.1, 0.15) is 16.7 Å². The van der Waals surface area contributed by atoms with Gasteiger partial charge < -0.3 is 14.8 Å². The van der Waals surface area contributed by atoms with Gasteiger partial charge in [-0.1, -0.05) is 35.9 Å². The maximum absolute atomic E-state index is 12.3. The fourth-order valence-electron chi connectivity index (χ4n) is 2.61. The molecule has 1 heterocycles. The number of amides is 1. The van der Waals surface area contributed by atoms with Crippen LogP contribution in [0.25, 0.3) is 0 Å². The monoisotopic (exact) mass is 362 g/mol. The zero-order valence-corrected chi connectivity index (χ0v) is 15.4. The Bertz CT molecular complexity index is 893. The Hall–Kier alpha value is -3.34. The van der Waals surface area contributed by atoms with Gasteiger partial charge in [0.25, 0.3) is 0 Å². The third kappa shape index (κ3) is 5.31. The van der Waals surface area contributed by atoms with Crippen LogP contribution in [-0.4, -0.2) is 18.0 Å².